The lowest BCUT2D eigenvalue weighted by molar-refractivity contribution is 0.507. The van der Waals surface area contributed by atoms with Gasteiger partial charge in [0, 0.05) is 25.3 Å². The van der Waals surface area contributed by atoms with Gasteiger partial charge in [0.25, 0.3) is 0 Å². The van der Waals surface area contributed by atoms with Gasteiger partial charge < -0.3 is 14.6 Å². The third-order valence-electron chi connectivity index (χ3n) is 3.54. The third-order valence-corrected chi connectivity index (χ3v) is 3.54. The topological polar surface area (TPSA) is 41.3 Å². The molecule has 1 aliphatic rings. The molecule has 1 fully saturated rings. The second-order valence-electron chi connectivity index (χ2n) is 5.57. The van der Waals surface area contributed by atoms with Crippen LogP contribution < -0.4 is 10.2 Å². The van der Waals surface area contributed by atoms with Crippen LogP contribution in [-0.4, -0.2) is 18.1 Å². The van der Waals surface area contributed by atoms with Gasteiger partial charge in [-0.15, -0.1) is 0 Å². The van der Waals surface area contributed by atoms with Crippen LogP contribution in [0.25, 0.3) is 0 Å². The predicted octanol–water partition coefficient (Wildman–Crippen LogP) is 2.87. The van der Waals surface area contributed by atoms with Gasteiger partial charge in [-0.05, 0) is 49.6 Å². The molecule has 3 rings (SSSR count). The molecule has 20 heavy (non-hydrogen) atoms. The predicted molar refractivity (Wildman–Crippen MR) is 79.7 cm³/mol. The highest BCUT2D eigenvalue weighted by molar-refractivity contribution is 5.42. The summed E-state index contributed by atoms with van der Waals surface area (Å²) >= 11 is 0. The van der Waals surface area contributed by atoms with E-state index in [1.165, 1.54) is 18.4 Å². The molecule has 0 radical (unpaired) electrons. The lowest BCUT2D eigenvalue weighted by Gasteiger charge is -2.18. The number of pyridine rings is 1. The quantitative estimate of drug-likeness (QED) is 0.877. The maximum Gasteiger partial charge on any atom is 0.129 e. The molecular weight excluding hydrogens is 250 g/mol. The first-order valence-corrected chi connectivity index (χ1v) is 7.15. The molecular formula is C16H21N3O. The molecule has 1 aliphatic carbocycles. The van der Waals surface area contributed by atoms with Crippen LogP contribution in [0.3, 0.4) is 0 Å². The minimum atomic E-state index is 0.729. The van der Waals surface area contributed by atoms with Gasteiger partial charge in [0.1, 0.15) is 11.6 Å². The normalized spacial score (nSPS) is 14.5. The van der Waals surface area contributed by atoms with Crippen molar-refractivity contribution in [1.29, 1.82) is 0 Å². The molecule has 0 spiro atoms. The van der Waals surface area contributed by atoms with Gasteiger partial charge >= 0.3 is 0 Å². The lowest BCUT2D eigenvalue weighted by atomic mass is 10.2. The van der Waals surface area contributed by atoms with E-state index in [9.17, 15) is 0 Å². The first-order valence-electron chi connectivity index (χ1n) is 7.15. The molecule has 0 aromatic carbocycles. The fourth-order valence-electron chi connectivity index (χ4n) is 2.29. The largest absolute Gasteiger partial charge is 0.467 e. The summed E-state index contributed by atoms with van der Waals surface area (Å²) in [6.07, 6.45) is 4.34. The van der Waals surface area contributed by atoms with Crippen molar-refractivity contribution in [1.82, 2.24) is 10.3 Å². The van der Waals surface area contributed by atoms with Gasteiger partial charge in [-0.25, -0.2) is 4.98 Å². The number of aryl methyl sites for hydroxylation is 1. The molecule has 106 valence electrons. The van der Waals surface area contributed by atoms with Crippen molar-refractivity contribution in [2.24, 2.45) is 0 Å². The Labute approximate surface area is 119 Å². The molecule has 0 bridgehead atoms. The monoisotopic (exact) mass is 271 g/mol. The lowest BCUT2D eigenvalue weighted by Crippen LogP contribution is -2.19. The minimum Gasteiger partial charge on any atom is -0.467 e. The summed E-state index contributed by atoms with van der Waals surface area (Å²) in [6.45, 7) is 3.71. The maximum absolute atomic E-state index is 5.39. The number of hydrogen-bond acceptors (Lipinski definition) is 4. The summed E-state index contributed by atoms with van der Waals surface area (Å²) in [5.41, 5.74) is 2.35. The average Bonchev–Trinajstić information content (AvgIpc) is 3.12. The van der Waals surface area contributed by atoms with Crippen molar-refractivity contribution >= 4 is 5.82 Å². The highest BCUT2D eigenvalue weighted by Gasteiger charge is 2.20. The third kappa shape index (κ3) is 3.39. The van der Waals surface area contributed by atoms with E-state index in [1.807, 2.05) is 26.1 Å². The van der Waals surface area contributed by atoms with Crippen molar-refractivity contribution in [3.05, 3.63) is 47.5 Å². The van der Waals surface area contributed by atoms with Crippen LogP contribution in [-0.2, 0) is 13.1 Å². The zero-order chi connectivity index (χ0) is 13.9. The zero-order valence-corrected chi connectivity index (χ0v) is 12.1. The smallest absolute Gasteiger partial charge is 0.129 e. The van der Waals surface area contributed by atoms with Gasteiger partial charge in [0.2, 0.25) is 0 Å². The first-order chi connectivity index (χ1) is 9.70. The van der Waals surface area contributed by atoms with E-state index in [0.717, 1.165) is 36.4 Å². The molecule has 4 nitrogen and oxygen atoms in total. The van der Waals surface area contributed by atoms with E-state index in [-0.39, 0.29) is 0 Å². The number of nitrogens with one attached hydrogen (secondary N) is 1. The average molecular weight is 271 g/mol. The van der Waals surface area contributed by atoms with Gasteiger partial charge in [-0.2, -0.15) is 0 Å². The molecule has 0 unspecified atom stereocenters. The van der Waals surface area contributed by atoms with Crippen molar-refractivity contribution in [2.75, 3.05) is 11.9 Å². The number of nitrogens with zero attached hydrogens (tertiary/aromatic N) is 2. The summed E-state index contributed by atoms with van der Waals surface area (Å²) in [6, 6.07) is 8.94. The Morgan fingerprint density at radius 2 is 2.25 bits per heavy atom. The molecule has 0 amide bonds. The Kier molecular flexibility index (Phi) is 3.74. The van der Waals surface area contributed by atoms with Crippen LogP contribution in [0.15, 0.2) is 34.9 Å². The first kappa shape index (κ1) is 13.2. The van der Waals surface area contributed by atoms with Crippen molar-refractivity contribution in [3.63, 3.8) is 0 Å². The van der Waals surface area contributed by atoms with E-state index in [0.29, 0.717) is 0 Å². The van der Waals surface area contributed by atoms with E-state index in [1.54, 1.807) is 6.26 Å². The van der Waals surface area contributed by atoms with Crippen molar-refractivity contribution < 1.29 is 4.42 Å². The number of anilines is 1. The summed E-state index contributed by atoms with van der Waals surface area (Å²) in [5.74, 6) is 1.95. The second kappa shape index (κ2) is 5.67. The van der Waals surface area contributed by atoms with Crippen molar-refractivity contribution in [3.8, 4) is 0 Å². The Bertz CT molecular complexity index is 561. The maximum atomic E-state index is 5.39. The standard InChI is InChI=1S/C16H21N3O/c1-12-8-13(10-17-14-5-6-14)9-16(18-12)19(2)11-15-4-3-7-20-15/h3-4,7-9,14,17H,5-6,10-11H2,1-2H3. The molecule has 2 aromatic rings. The zero-order valence-electron chi connectivity index (χ0n) is 12.1. The summed E-state index contributed by atoms with van der Waals surface area (Å²) in [7, 11) is 2.04. The Morgan fingerprint density at radius 1 is 1.40 bits per heavy atom. The SMILES string of the molecule is Cc1cc(CNC2CC2)cc(N(C)Cc2ccco2)n1. The molecule has 0 saturated heterocycles. The fraction of sp³-hybridized carbons (Fsp3) is 0.438. The Hall–Kier alpha value is -1.81. The molecule has 0 atom stereocenters. The van der Waals surface area contributed by atoms with Gasteiger partial charge in [-0.1, -0.05) is 0 Å². The van der Waals surface area contributed by atoms with Crippen molar-refractivity contribution in [2.45, 2.75) is 38.9 Å². The highest BCUT2D eigenvalue weighted by Crippen LogP contribution is 2.21. The Morgan fingerprint density at radius 3 is 2.95 bits per heavy atom. The van der Waals surface area contributed by atoms with E-state index >= 15 is 0 Å². The number of furan rings is 1. The second-order valence-corrected chi connectivity index (χ2v) is 5.57. The number of rotatable bonds is 6. The molecule has 1 N–H and O–H groups in total. The summed E-state index contributed by atoms with van der Waals surface area (Å²) in [5, 5.41) is 3.55. The van der Waals surface area contributed by atoms with Crippen LogP contribution in [0, 0.1) is 6.92 Å². The molecule has 0 aliphatic heterocycles. The van der Waals surface area contributed by atoms with Gasteiger partial charge in [-0.3, -0.25) is 0 Å². The molecule has 4 heteroatoms. The molecule has 2 heterocycles. The van der Waals surface area contributed by atoms with Crippen LogP contribution in [0.4, 0.5) is 5.82 Å². The van der Waals surface area contributed by atoms with Crippen LogP contribution in [0.5, 0.6) is 0 Å². The Balaban J connectivity index is 1.70. The molecule has 2 aromatic heterocycles. The highest BCUT2D eigenvalue weighted by atomic mass is 16.3. The van der Waals surface area contributed by atoms with Crippen LogP contribution in [0.1, 0.15) is 29.9 Å². The van der Waals surface area contributed by atoms with Crippen LogP contribution in [0.2, 0.25) is 0 Å². The number of hydrogen-bond donors (Lipinski definition) is 1. The summed E-state index contributed by atoms with van der Waals surface area (Å²) < 4.78 is 5.39. The minimum absolute atomic E-state index is 0.729. The van der Waals surface area contributed by atoms with E-state index < -0.39 is 0 Å². The fourth-order valence-corrected chi connectivity index (χ4v) is 2.29. The molecule has 1 saturated carbocycles. The van der Waals surface area contributed by atoms with Gasteiger partial charge in [0.05, 0.1) is 12.8 Å². The van der Waals surface area contributed by atoms with Gasteiger partial charge in [0.15, 0.2) is 0 Å². The van der Waals surface area contributed by atoms with Crippen LogP contribution >= 0.6 is 0 Å². The summed E-state index contributed by atoms with van der Waals surface area (Å²) in [4.78, 5) is 6.73. The number of aromatic nitrogens is 1. The van der Waals surface area contributed by atoms with E-state index in [4.69, 9.17) is 4.42 Å². The van der Waals surface area contributed by atoms with E-state index in [2.05, 4.69) is 27.3 Å².